The number of aliphatic imine (C=N–C) groups is 1. The van der Waals surface area contributed by atoms with E-state index in [0.717, 1.165) is 55.4 Å². The number of aryl methyl sites for hydroxylation is 1. The summed E-state index contributed by atoms with van der Waals surface area (Å²) in [6.45, 7) is 5.25. The topological polar surface area (TPSA) is 92.1 Å². The Bertz CT molecular complexity index is 798. The molecule has 3 rings (SSSR count). The number of nitrogens with one attached hydrogen (secondary N) is 3. The molecule has 0 bridgehead atoms. The lowest BCUT2D eigenvalue weighted by atomic mass is 9.97. The number of hydrogen-bond donors (Lipinski definition) is 3. The Kier molecular flexibility index (Phi) is 9.45. The molecular weight excluding hydrogens is 467 g/mol. The van der Waals surface area contributed by atoms with Gasteiger partial charge in [0.05, 0.1) is 11.6 Å². The molecule has 0 saturated carbocycles. The zero-order chi connectivity index (χ0) is 18.9. The lowest BCUT2D eigenvalue weighted by molar-refractivity contribution is 0.675. The molecule has 2 heterocycles. The monoisotopic (exact) mass is 498 g/mol. The van der Waals surface area contributed by atoms with Crippen LogP contribution in [0.4, 0.5) is 5.82 Å². The van der Waals surface area contributed by atoms with Gasteiger partial charge in [-0.3, -0.25) is 9.67 Å². The SMILES string of the molecule is CCNC(=NCCC1=CCCCC1)NCCNc1ncnc2c1cnn2C.I. The van der Waals surface area contributed by atoms with Crippen LogP contribution in [0.5, 0.6) is 0 Å². The molecular formula is C19H31IN8. The number of fused-ring (bicyclic) bond motifs is 1. The van der Waals surface area contributed by atoms with Crippen molar-refractivity contribution in [1.29, 1.82) is 0 Å². The third-order valence-electron chi connectivity index (χ3n) is 4.67. The van der Waals surface area contributed by atoms with Gasteiger partial charge in [-0.15, -0.1) is 24.0 Å². The van der Waals surface area contributed by atoms with Crippen molar-refractivity contribution in [2.24, 2.45) is 12.0 Å². The highest BCUT2D eigenvalue weighted by molar-refractivity contribution is 14.0. The van der Waals surface area contributed by atoms with E-state index in [0.29, 0.717) is 0 Å². The maximum absolute atomic E-state index is 4.69. The van der Waals surface area contributed by atoms with E-state index in [4.69, 9.17) is 4.99 Å². The van der Waals surface area contributed by atoms with Gasteiger partial charge in [-0.05, 0) is 39.0 Å². The van der Waals surface area contributed by atoms with Gasteiger partial charge >= 0.3 is 0 Å². The Balaban J connectivity index is 0.00000280. The van der Waals surface area contributed by atoms with Crippen LogP contribution in [0.15, 0.2) is 29.2 Å². The Morgan fingerprint density at radius 3 is 2.89 bits per heavy atom. The van der Waals surface area contributed by atoms with Crippen LogP contribution in [0.3, 0.4) is 0 Å². The van der Waals surface area contributed by atoms with Crippen LogP contribution in [0, 0.1) is 0 Å². The summed E-state index contributed by atoms with van der Waals surface area (Å²) in [6, 6.07) is 0. The molecule has 3 N–H and O–H groups in total. The van der Waals surface area contributed by atoms with Crippen molar-refractivity contribution in [3.05, 3.63) is 24.2 Å². The van der Waals surface area contributed by atoms with Gasteiger partial charge in [0.1, 0.15) is 12.1 Å². The predicted molar refractivity (Wildman–Crippen MR) is 125 cm³/mol. The molecule has 0 amide bonds. The molecule has 1 aliphatic carbocycles. The maximum atomic E-state index is 4.69. The Hall–Kier alpha value is -1.91. The molecule has 0 aliphatic heterocycles. The van der Waals surface area contributed by atoms with Crippen molar-refractivity contribution in [2.45, 2.75) is 39.0 Å². The minimum absolute atomic E-state index is 0. The average Bonchev–Trinajstić information content (AvgIpc) is 3.08. The highest BCUT2D eigenvalue weighted by atomic mass is 127. The lowest BCUT2D eigenvalue weighted by Crippen LogP contribution is -2.39. The van der Waals surface area contributed by atoms with Crippen molar-refractivity contribution in [3.63, 3.8) is 0 Å². The quantitative estimate of drug-likeness (QED) is 0.171. The number of rotatable bonds is 8. The molecule has 154 valence electrons. The van der Waals surface area contributed by atoms with Crippen molar-refractivity contribution in [2.75, 3.05) is 31.5 Å². The second kappa shape index (κ2) is 11.8. The van der Waals surface area contributed by atoms with Crippen molar-refractivity contribution >= 4 is 46.8 Å². The molecule has 0 fully saturated rings. The first-order chi connectivity index (χ1) is 13.3. The van der Waals surface area contributed by atoms with E-state index in [1.54, 1.807) is 22.8 Å². The van der Waals surface area contributed by atoms with Crippen LogP contribution in [-0.2, 0) is 7.05 Å². The van der Waals surface area contributed by atoms with Crippen molar-refractivity contribution < 1.29 is 0 Å². The maximum Gasteiger partial charge on any atom is 0.191 e. The first-order valence-corrected chi connectivity index (χ1v) is 9.84. The van der Waals surface area contributed by atoms with Gasteiger partial charge in [0.25, 0.3) is 0 Å². The molecule has 0 radical (unpaired) electrons. The van der Waals surface area contributed by atoms with Crippen molar-refractivity contribution in [1.82, 2.24) is 30.4 Å². The molecule has 8 nitrogen and oxygen atoms in total. The number of aromatic nitrogens is 4. The Labute approximate surface area is 183 Å². The number of allylic oxidation sites excluding steroid dienone is 1. The normalized spacial score (nSPS) is 14.4. The predicted octanol–water partition coefficient (Wildman–Crippen LogP) is 2.84. The third-order valence-corrected chi connectivity index (χ3v) is 4.67. The zero-order valence-electron chi connectivity index (χ0n) is 16.7. The second-order valence-electron chi connectivity index (χ2n) is 6.70. The van der Waals surface area contributed by atoms with E-state index in [2.05, 4.69) is 44.0 Å². The number of anilines is 1. The minimum atomic E-state index is 0. The number of nitrogens with zero attached hydrogens (tertiary/aromatic N) is 5. The fraction of sp³-hybridized carbons (Fsp3) is 0.579. The zero-order valence-corrected chi connectivity index (χ0v) is 19.1. The van der Waals surface area contributed by atoms with Crippen LogP contribution in [-0.4, -0.2) is 51.9 Å². The van der Waals surface area contributed by atoms with Gasteiger partial charge in [0.2, 0.25) is 0 Å². The van der Waals surface area contributed by atoms with E-state index in [9.17, 15) is 0 Å². The van der Waals surface area contributed by atoms with Crippen LogP contribution in [0.25, 0.3) is 11.0 Å². The van der Waals surface area contributed by atoms with E-state index in [1.807, 2.05) is 7.05 Å². The van der Waals surface area contributed by atoms with Gasteiger partial charge < -0.3 is 16.0 Å². The molecule has 0 unspecified atom stereocenters. The molecule has 0 aromatic carbocycles. The summed E-state index contributed by atoms with van der Waals surface area (Å²) < 4.78 is 1.75. The minimum Gasteiger partial charge on any atom is -0.368 e. The Morgan fingerprint density at radius 1 is 1.21 bits per heavy atom. The highest BCUT2D eigenvalue weighted by Gasteiger charge is 2.07. The van der Waals surface area contributed by atoms with Gasteiger partial charge in [-0.1, -0.05) is 11.6 Å². The summed E-state index contributed by atoms with van der Waals surface area (Å²) in [7, 11) is 1.88. The number of guanidine groups is 1. The molecule has 0 saturated heterocycles. The number of hydrogen-bond acceptors (Lipinski definition) is 5. The summed E-state index contributed by atoms with van der Waals surface area (Å²) in [5.74, 6) is 1.67. The second-order valence-corrected chi connectivity index (χ2v) is 6.70. The highest BCUT2D eigenvalue weighted by Crippen LogP contribution is 2.19. The first-order valence-electron chi connectivity index (χ1n) is 9.84. The fourth-order valence-electron chi connectivity index (χ4n) is 3.25. The molecule has 2 aromatic rings. The van der Waals surface area contributed by atoms with E-state index < -0.39 is 0 Å². The summed E-state index contributed by atoms with van der Waals surface area (Å²) in [4.78, 5) is 13.3. The number of halogens is 1. The van der Waals surface area contributed by atoms with Crippen LogP contribution in [0.1, 0.15) is 39.0 Å². The molecule has 28 heavy (non-hydrogen) atoms. The first kappa shape index (κ1) is 22.4. The van der Waals surface area contributed by atoms with Crippen molar-refractivity contribution in [3.8, 4) is 0 Å². The summed E-state index contributed by atoms with van der Waals surface area (Å²) in [6.07, 6.45) is 11.9. The van der Waals surface area contributed by atoms with Crippen LogP contribution < -0.4 is 16.0 Å². The molecule has 2 aromatic heterocycles. The van der Waals surface area contributed by atoms with E-state index in [-0.39, 0.29) is 24.0 Å². The van der Waals surface area contributed by atoms with Gasteiger partial charge in [0, 0.05) is 33.2 Å². The van der Waals surface area contributed by atoms with Gasteiger partial charge in [0.15, 0.2) is 11.6 Å². The van der Waals surface area contributed by atoms with E-state index >= 15 is 0 Å². The Morgan fingerprint density at radius 2 is 2.11 bits per heavy atom. The molecule has 0 atom stereocenters. The smallest absolute Gasteiger partial charge is 0.191 e. The third kappa shape index (κ3) is 6.32. The fourth-order valence-corrected chi connectivity index (χ4v) is 3.25. The largest absolute Gasteiger partial charge is 0.368 e. The summed E-state index contributed by atoms with van der Waals surface area (Å²) in [5, 5.41) is 15.2. The summed E-state index contributed by atoms with van der Waals surface area (Å²) in [5.41, 5.74) is 2.39. The van der Waals surface area contributed by atoms with Crippen LogP contribution >= 0.6 is 24.0 Å². The molecule has 1 aliphatic rings. The van der Waals surface area contributed by atoms with Gasteiger partial charge in [-0.25, -0.2) is 9.97 Å². The molecule has 9 heteroatoms. The van der Waals surface area contributed by atoms with Gasteiger partial charge in [-0.2, -0.15) is 5.10 Å². The van der Waals surface area contributed by atoms with E-state index in [1.165, 1.54) is 25.7 Å². The van der Waals surface area contributed by atoms with Crippen LogP contribution in [0.2, 0.25) is 0 Å². The molecule has 0 spiro atoms. The summed E-state index contributed by atoms with van der Waals surface area (Å²) >= 11 is 0. The standard InChI is InChI=1S/C19H30N8.HI/c1-3-20-19(22-10-9-15-7-5-4-6-8-15)23-12-11-21-17-16-13-26-27(2)18(16)25-14-24-17;/h7,13-14H,3-6,8-12H2,1-2H3,(H2,20,22,23)(H,21,24,25);1H. The average molecular weight is 498 g/mol. The lowest BCUT2D eigenvalue weighted by Gasteiger charge is -2.14.